The maximum Gasteiger partial charge on any atom is 0.224 e. The minimum absolute atomic E-state index is 0.0642. The van der Waals surface area contributed by atoms with Crippen LogP contribution in [0.1, 0.15) is 30.7 Å². The largest absolute Gasteiger partial charge is 0.356 e. The Morgan fingerprint density at radius 2 is 1.83 bits per heavy atom. The van der Waals surface area contributed by atoms with Crippen LogP contribution in [0, 0.1) is 18.8 Å². The number of nitrogens with one attached hydrogen (secondary N) is 1. The number of amides is 1. The molecule has 0 bridgehead atoms. The molecule has 3 nitrogen and oxygen atoms in total. The van der Waals surface area contributed by atoms with E-state index < -0.39 is 0 Å². The second-order valence-electron chi connectivity index (χ2n) is 6.48. The van der Waals surface area contributed by atoms with Crippen LogP contribution in [0.5, 0.6) is 0 Å². The number of hydrogen-bond donors (Lipinski definition) is 1. The SMILES string of the molecule is Cc1ccc(CC(=O)NC[C@H](Cc2ccccc2)C(C)C)cn1. The standard InChI is InChI=1S/C20H26N2O/c1-15(2)19(11-17-7-5-4-6-8-17)14-22-20(23)12-18-10-9-16(3)21-13-18/h4-10,13,15,19H,11-12,14H2,1-3H3,(H,22,23)/t19-/m0/s1. The molecule has 1 amide bonds. The van der Waals surface area contributed by atoms with E-state index in [-0.39, 0.29) is 5.91 Å². The van der Waals surface area contributed by atoms with E-state index in [4.69, 9.17) is 0 Å². The van der Waals surface area contributed by atoms with Crippen molar-refractivity contribution in [2.24, 2.45) is 11.8 Å². The molecule has 0 saturated carbocycles. The van der Waals surface area contributed by atoms with Gasteiger partial charge in [0.25, 0.3) is 0 Å². The van der Waals surface area contributed by atoms with E-state index in [1.807, 2.05) is 25.1 Å². The summed E-state index contributed by atoms with van der Waals surface area (Å²) in [6, 6.07) is 14.4. The summed E-state index contributed by atoms with van der Waals surface area (Å²) < 4.78 is 0. The molecule has 3 heteroatoms. The first-order valence-corrected chi connectivity index (χ1v) is 8.26. The topological polar surface area (TPSA) is 42.0 Å². The summed E-state index contributed by atoms with van der Waals surface area (Å²) >= 11 is 0. The number of carbonyl (C=O) groups is 1. The summed E-state index contributed by atoms with van der Waals surface area (Å²) in [5.41, 5.74) is 3.25. The zero-order chi connectivity index (χ0) is 16.7. The molecular formula is C20H26N2O. The summed E-state index contributed by atoms with van der Waals surface area (Å²) in [6.07, 6.45) is 3.16. The molecular weight excluding hydrogens is 284 g/mol. The van der Waals surface area contributed by atoms with Crippen LogP contribution in [0.4, 0.5) is 0 Å². The van der Waals surface area contributed by atoms with Crippen molar-refractivity contribution in [3.63, 3.8) is 0 Å². The van der Waals surface area contributed by atoms with Crippen molar-refractivity contribution in [2.75, 3.05) is 6.54 Å². The highest BCUT2D eigenvalue weighted by molar-refractivity contribution is 5.78. The van der Waals surface area contributed by atoms with Crippen LogP contribution in [0.2, 0.25) is 0 Å². The first-order valence-electron chi connectivity index (χ1n) is 8.26. The number of hydrogen-bond acceptors (Lipinski definition) is 2. The van der Waals surface area contributed by atoms with Gasteiger partial charge in [-0.1, -0.05) is 50.2 Å². The average Bonchev–Trinajstić information content (AvgIpc) is 2.54. The van der Waals surface area contributed by atoms with Crippen LogP contribution in [-0.4, -0.2) is 17.4 Å². The predicted molar refractivity (Wildman–Crippen MR) is 94.2 cm³/mol. The van der Waals surface area contributed by atoms with Crippen LogP contribution < -0.4 is 5.32 Å². The van der Waals surface area contributed by atoms with Gasteiger partial charge in [-0.05, 0) is 42.4 Å². The molecule has 1 atom stereocenters. The van der Waals surface area contributed by atoms with Crippen molar-refractivity contribution < 1.29 is 4.79 Å². The highest BCUT2D eigenvalue weighted by atomic mass is 16.1. The molecule has 0 spiro atoms. The first-order chi connectivity index (χ1) is 11.0. The van der Waals surface area contributed by atoms with Gasteiger partial charge in [0.15, 0.2) is 0 Å². The number of pyridine rings is 1. The zero-order valence-electron chi connectivity index (χ0n) is 14.3. The van der Waals surface area contributed by atoms with Crippen LogP contribution in [0.3, 0.4) is 0 Å². The fraction of sp³-hybridized carbons (Fsp3) is 0.400. The van der Waals surface area contributed by atoms with Crippen molar-refractivity contribution >= 4 is 5.91 Å². The maximum atomic E-state index is 12.1. The molecule has 1 N–H and O–H groups in total. The second kappa shape index (κ2) is 8.47. The molecule has 1 heterocycles. The average molecular weight is 310 g/mol. The van der Waals surface area contributed by atoms with Gasteiger partial charge in [0.1, 0.15) is 0 Å². The summed E-state index contributed by atoms with van der Waals surface area (Å²) in [5.74, 6) is 1.03. The van der Waals surface area contributed by atoms with Gasteiger partial charge in [-0.15, -0.1) is 0 Å². The highest BCUT2D eigenvalue weighted by Gasteiger charge is 2.15. The molecule has 122 valence electrons. The Kier molecular flexibility index (Phi) is 6.33. The van der Waals surface area contributed by atoms with Crippen LogP contribution in [-0.2, 0) is 17.6 Å². The molecule has 0 aliphatic carbocycles. The Morgan fingerprint density at radius 1 is 1.09 bits per heavy atom. The van der Waals surface area contributed by atoms with E-state index in [9.17, 15) is 4.79 Å². The fourth-order valence-electron chi connectivity index (χ4n) is 2.56. The quantitative estimate of drug-likeness (QED) is 0.849. The van der Waals surface area contributed by atoms with Gasteiger partial charge in [0.2, 0.25) is 5.91 Å². The molecule has 2 aromatic rings. The molecule has 0 fully saturated rings. The normalized spacial score (nSPS) is 12.2. The van der Waals surface area contributed by atoms with Gasteiger partial charge in [0, 0.05) is 18.4 Å². The number of benzene rings is 1. The monoisotopic (exact) mass is 310 g/mol. The lowest BCUT2D eigenvalue weighted by molar-refractivity contribution is -0.120. The minimum Gasteiger partial charge on any atom is -0.356 e. The molecule has 23 heavy (non-hydrogen) atoms. The Labute approximate surface area is 139 Å². The number of aryl methyl sites for hydroxylation is 1. The summed E-state index contributed by atoms with van der Waals surface area (Å²) in [5, 5.41) is 3.08. The van der Waals surface area contributed by atoms with E-state index in [1.54, 1.807) is 6.20 Å². The molecule has 1 aromatic carbocycles. The molecule has 0 aliphatic rings. The molecule has 0 aliphatic heterocycles. The van der Waals surface area contributed by atoms with Crippen molar-refractivity contribution in [3.8, 4) is 0 Å². The molecule has 0 saturated heterocycles. The van der Waals surface area contributed by atoms with Crippen LogP contribution in [0.15, 0.2) is 48.7 Å². The highest BCUT2D eigenvalue weighted by Crippen LogP contribution is 2.16. The van der Waals surface area contributed by atoms with E-state index in [1.165, 1.54) is 5.56 Å². The Bertz CT molecular complexity index is 605. The van der Waals surface area contributed by atoms with Gasteiger partial charge in [-0.3, -0.25) is 9.78 Å². The Balaban J connectivity index is 1.85. The number of nitrogens with zero attached hydrogens (tertiary/aromatic N) is 1. The minimum atomic E-state index is 0.0642. The smallest absolute Gasteiger partial charge is 0.224 e. The van der Waals surface area contributed by atoms with E-state index in [0.29, 0.717) is 24.8 Å². The van der Waals surface area contributed by atoms with E-state index >= 15 is 0 Å². The van der Waals surface area contributed by atoms with E-state index in [0.717, 1.165) is 17.7 Å². The van der Waals surface area contributed by atoms with Crippen molar-refractivity contribution in [3.05, 3.63) is 65.5 Å². The molecule has 0 radical (unpaired) electrons. The fourth-order valence-corrected chi connectivity index (χ4v) is 2.56. The third kappa shape index (κ3) is 5.85. The molecule has 2 rings (SSSR count). The molecule has 0 unspecified atom stereocenters. The summed E-state index contributed by atoms with van der Waals surface area (Å²) in [7, 11) is 0. The Hall–Kier alpha value is -2.16. The predicted octanol–water partition coefficient (Wildman–Crippen LogP) is 3.56. The van der Waals surface area contributed by atoms with Crippen molar-refractivity contribution in [1.82, 2.24) is 10.3 Å². The van der Waals surface area contributed by atoms with Crippen molar-refractivity contribution in [2.45, 2.75) is 33.6 Å². The number of carbonyl (C=O) groups excluding carboxylic acids is 1. The van der Waals surface area contributed by atoms with Gasteiger partial charge in [-0.2, -0.15) is 0 Å². The summed E-state index contributed by atoms with van der Waals surface area (Å²) in [4.78, 5) is 16.4. The molecule has 1 aromatic heterocycles. The van der Waals surface area contributed by atoms with Gasteiger partial charge < -0.3 is 5.32 Å². The first kappa shape index (κ1) is 17.2. The lowest BCUT2D eigenvalue weighted by Gasteiger charge is -2.21. The lowest BCUT2D eigenvalue weighted by Crippen LogP contribution is -2.33. The third-order valence-corrected chi connectivity index (χ3v) is 4.18. The lowest BCUT2D eigenvalue weighted by atomic mass is 9.89. The number of aromatic nitrogens is 1. The van der Waals surface area contributed by atoms with Crippen molar-refractivity contribution in [1.29, 1.82) is 0 Å². The van der Waals surface area contributed by atoms with Gasteiger partial charge >= 0.3 is 0 Å². The summed E-state index contributed by atoms with van der Waals surface area (Å²) in [6.45, 7) is 7.08. The van der Waals surface area contributed by atoms with Crippen LogP contribution in [0.25, 0.3) is 0 Å². The Morgan fingerprint density at radius 3 is 2.43 bits per heavy atom. The van der Waals surface area contributed by atoms with Crippen LogP contribution >= 0.6 is 0 Å². The van der Waals surface area contributed by atoms with Gasteiger partial charge in [0.05, 0.1) is 6.42 Å². The van der Waals surface area contributed by atoms with E-state index in [2.05, 4.69) is 48.4 Å². The maximum absolute atomic E-state index is 12.1. The zero-order valence-corrected chi connectivity index (χ0v) is 14.3. The van der Waals surface area contributed by atoms with Gasteiger partial charge in [-0.25, -0.2) is 0 Å². The number of rotatable bonds is 7. The third-order valence-electron chi connectivity index (χ3n) is 4.18. The second-order valence-corrected chi connectivity index (χ2v) is 6.48.